The molecule has 2 fully saturated rings. The second-order valence-corrected chi connectivity index (χ2v) is 7.82. The Labute approximate surface area is 170 Å². The van der Waals surface area contributed by atoms with Gasteiger partial charge in [0.2, 0.25) is 11.8 Å². The highest BCUT2D eigenvalue weighted by Gasteiger charge is 2.33. The van der Waals surface area contributed by atoms with Gasteiger partial charge in [0.1, 0.15) is 12.4 Å². The lowest BCUT2D eigenvalue weighted by atomic mass is 10.0. The Balaban J connectivity index is 1.38. The molecule has 1 aromatic heterocycles. The number of amides is 2. The van der Waals surface area contributed by atoms with E-state index in [1.165, 1.54) is 11.0 Å². The topological polar surface area (TPSA) is 96.2 Å². The fourth-order valence-electron chi connectivity index (χ4n) is 3.70. The third kappa shape index (κ3) is 4.79. The van der Waals surface area contributed by atoms with Gasteiger partial charge in [-0.25, -0.2) is 4.68 Å². The molecule has 1 saturated carbocycles. The van der Waals surface area contributed by atoms with Crippen molar-refractivity contribution in [3.8, 4) is 0 Å². The molecular weight excluding hydrogens is 370 g/mol. The number of tetrazole rings is 1. The maximum Gasteiger partial charge on any atom is 0.248 e. The van der Waals surface area contributed by atoms with Gasteiger partial charge < -0.3 is 10.2 Å². The smallest absolute Gasteiger partial charge is 0.248 e. The molecule has 29 heavy (non-hydrogen) atoms. The third-order valence-corrected chi connectivity index (χ3v) is 5.72. The fraction of sp³-hybridized carbons (Fsp3) is 0.550. The molecule has 1 aliphatic carbocycles. The van der Waals surface area contributed by atoms with Crippen molar-refractivity contribution >= 4 is 11.8 Å². The summed E-state index contributed by atoms with van der Waals surface area (Å²) in [5.74, 6) is 0.0961. The Kier molecular flexibility index (Phi) is 5.84. The van der Waals surface area contributed by atoms with Crippen LogP contribution in [0.1, 0.15) is 31.4 Å². The Morgan fingerprint density at radius 2 is 1.86 bits per heavy atom. The van der Waals surface area contributed by atoms with Gasteiger partial charge in [-0.1, -0.05) is 30.3 Å². The van der Waals surface area contributed by atoms with Crippen LogP contribution in [-0.2, 0) is 16.0 Å². The largest absolute Gasteiger partial charge is 0.352 e. The van der Waals surface area contributed by atoms with Crippen LogP contribution in [-0.4, -0.2) is 80.1 Å². The molecule has 2 aromatic rings. The van der Waals surface area contributed by atoms with Crippen LogP contribution in [0.5, 0.6) is 0 Å². The summed E-state index contributed by atoms with van der Waals surface area (Å²) in [7, 11) is 0. The van der Waals surface area contributed by atoms with E-state index in [1.807, 2.05) is 42.2 Å². The van der Waals surface area contributed by atoms with Gasteiger partial charge in [0.05, 0.1) is 6.04 Å². The summed E-state index contributed by atoms with van der Waals surface area (Å²) in [4.78, 5) is 29.6. The van der Waals surface area contributed by atoms with Gasteiger partial charge in [-0.05, 0) is 35.8 Å². The van der Waals surface area contributed by atoms with Gasteiger partial charge in [0, 0.05) is 38.6 Å². The van der Waals surface area contributed by atoms with E-state index in [2.05, 4.69) is 25.7 Å². The second-order valence-electron chi connectivity index (χ2n) is 7.82. The van der Waals surface area contributed by atoms with Crippen LogP contribution >= 0.6 is 0 Å². The zero-order chi connectivity index (χ0) is 20.2. The first-order valence-electron chi connectivity index (χ1n) is 10.2. The van der Waals surface area contributed by atoms with Crippen molar-refractivity contribution in [1.82, 2.24) is 35.3 Å². The minimum atomic E-state index is -0.477. The summed E-state index contributed by atoms with van der Waals surface area (Å²) in [5.41, 5.74) is 1.06. The fourth-order valence-corrected chi connectivity index (χ4v) is 3.70. The van der Waals surface area contributed by atoms with Crippen LogP contribution < -0.4 is 5.32 Å². The van der Waals surface area contributed by atoms with Gasteiger partial charge >= 0.3 is 0 Å². The second kappa shape index (κ2) is 8.69. The zero-order valence-corrected chi connectivity index (χ0v) is 16.6. The molecule has 0 radical (unpaired) electrons. The first kappa shape index (κ1) is 19.5. The number of piperazine rings is 1. The van der Waals surface area contributed by atoms with Crippen molar-refractivity contribution in [2.24, 2.45) is 0 Å². The molecule has 1 N–H and O–H groups in total. The Morgan fingerprint density at radius 3 is 2.48 bits per heavy atom. The molecule has 2 atom stereocenters. The molecule has 1 aliphatic heterocycles. The molecule has 1 aromatic carbocycles. The minimum Gasteiger partial charge on any atom is -0.352 e. The van der Waals surface area contributed by atoms with E-state index in [1.54, 1.807) is 0 Å². The van der Waals surface area contributed by atoms with E-state index in [0.29, 0.717) is 38.6 Å². The number of hydrogen-bond donors (Lipinski definition) is 1. The van der Waals surface area contributed by atoms with E-state index in [4.69, 9.17) is 0 Å². The summed E-state index contributed by atoms with van der Waals surface area (Å²) in [6.45, 7) is 4.48. The average molecular weight is 397 g/mol. The molecule has 2 heterocycles. The van der Waals surface area contributed by atoms with Crippen molar-refractivity contribution in [2.45, 2.75) is 44.3 Å². The van der Waals surface area contributed by atoms with Gasteiger partial charge in [0.25, 0.3) is 0 Å². The summed E-state index contributed by atoms with van der Waals surface area (Å²) in [5, 5.41) is 14.4. The van der Waals surface area contributed by atoms with E-state index in [9.17, 15) is 9.59 Å². The molecule has 1 saturated heterocycles. The molecular formula is C20H27N7O2. The number of benzene rings is 1. The van der Waals surface area contributed by atoms with E-state index in [-0.39, 0.29) is 17.9 Å². The average Bonchev–Trinajstić information content (AvgIpc) is 3.40. The summed E-state index contributed by atoms with van der Waals surface area (Å²) < 4.78 is 1.54. The molecule has 9 nitrogen and oxygen atoms in total. The summed E-state index contributed by atoms with van der Waals surface area (Å²) in [6.07, 6.45) is 4.19. The number of rotatable bonds is 7. The summed E-state index contributed by atoms with van der Waals surface area (Å²) >= 11 is 0. The highest BCUT2D eigenvalue weighted by Crippen LogP contribution is 2.20. The number of carbonyl (C=O) groups excluding carboxylic acids is 2. The standard InChI is InChI=1S/C20H27N7O2/c1-15(19(28)22-17-7-8-17)25-9-11-26(12-10-25)20(29)18(27-14-21-23-24-27)13-16-5-3-2-4-6-16/h2-6,14-15,17-18H,7-13H2,1H3,(H,22,28). The van der Waals surface area contributed by atoms with Crippen molar-refractivity contribution in [1.29, 1.82) is 0 Å². The van der Waals surface area contributed by atoms with Crippen LogP contribution in [0.25, 0.3) is 0 Å². The summed E-state index contributed by atoms with van der Waals surface area (Å²) in [6, 6.07) is 9.60. The number of nitrogens with zero attached hydrogens (tertiary/aromatic N) is 6. The van der Waals surface area contributed by atoms with E-state index >= 15 is 0 Å². The molecule has 9 heteroatoms. The van der Waals surface area contributed by atoms with Crippen LogP contribution in [0.3, 0.4) is 0 Å². The molecule has 2 aliphatic rings. The van der Waals surface area contributed by atoms with E-state index < -0.39 is 6.04 Å². The van der Waals surface area contributed by atoms with Crippen molar-refractivity contribution in [3.63, 3.8) is 0 Å². The lowest BCUT2D eigenvalue weighted by Crippen LogP contribution is -2.56. The normalized spacial score (nSPS) is 19.6. The Hall–Kier alpha value is -2.81. The first-order chi connectivity index (χ1) is 14.1. The van der Waals surface area contributed by atoms with Crippen molar-refractivity contribution < 1.29 is 9.59 Å². The SMILES string of the molecule is CC(C(=O)NC1CC1)N1CCN(C(=O)C(Cc2ccccc2)n2cnnn2)CC1. The monoisotopic (exact) mass is 397 g/mol. The number of nitrogens with one attached hydrogen (secondary N) is 1. The Bertz CT molecular complexity index is 815. The van der Waals surface area contributed by atoms with Crippen LogP contribution in [0, 0.1) is 0 Å². The minimum absolute atomic E-state index is 0.0101. The molecule has 2 unspecified atom stereocenters. The van der Waals surface area contributed by atoms with Gasteiger partial charge in [-0.3, -0.25) is 14.5 Å². The highest BCUT2D eigenvalue weighted by atomic mass is 16.2. The van der Waals surface area contributed by atoms with Crippen molar-refractivity contribution in [2.75, 3.05) is 26.2 Å². The molecule has 154 valence electrons. The molecule has 0 spiro atoms. The number of aromatic nitrogens is 4. The first-order valence-corrected chi connectivity index (χ1v) is 10.2. The van der Waals surface area contributed by atoms with Gasteiger partial charge in [-0.2, -0.15) is 0 Å². The number of hydrogen-bond acceptors (Lipinski definition) is 6. The molecule has 2 amide bonds. The lowest BCUT2D eigenvalue weighted by molar-refractivity contribution is -0.137. The molecule has 0 bridgehead atoms. The van der Waals surface area contributed by atoms with Crippen molar-refractivity contribution in [3.05, 3.63) is 42.2 Å². The predicted octanol–water partition coefficient (Wildman–Crippen LogP) is 0.268. The predicted molar refractivity (Wildman–Crippen MR) is 106 cm³/mol. The maximum atomic E-state index is 13.3. The van der Waals surface area contributed by atoms with Crippen LogP contribution in [0.4, 0.5) is 0 Å². The van der Waals surface area contributed by atoms with Crippen LogP contribution in [0.15, 0.2) is 36.7 Å². The molecule has 4 rings (SSSR count). The maximum absolute atomic E-state index is 13.3. The zero-order valence-electron chi connectivity index (χ0n) is 16.6. The highest BCUT2D eigenvalue weighted by molar-refractivity contribution is 5.82. The Morgan fingerprint density at radius 1 is 1.14 bits per heavy atom. The number of carbonyl (C=O) groups is 2. The third-order valence-electron chi connectivity index (χ3n) is 5.72. The van der Waals surface area contributed by atoms with Gasteiger partial charge in [-0.15, -0.1) is 5.10 Å². The van der Waals surface area contributed by atoms with Gasteiger partial charge in [0.15, 0.2) is 0 Å². The quantitative estimate of drug-likeness (QED) is 0.720. The van der Waals surface area contributed by atoms with Crippen LogP contribution in [0.2, 0.25) is 0 Å². The lowest BCUT2D eigenvalue weighted by Gasteiger charge is -2.38. The van der Waals surface area contributed by atoms with E-state index in [0.717, 1.165) is 18.4 Å².